The number of fused-ring (bicyclic) bond motifs is 2. The molecular formula is C39H62O18. The Morgan fingerprint density at radius 2 is 1.00 bits per heavy atom. The summed E-state index contributed by atoms with van der Waals surface area (Å²) in [6, 6.07) is 0. The number of hydrogen-bond acceptors (Lipinski definition) is 18. The fourth-order valence-electron chi connectivity index (χ4n) is 9.55. The van der Waals surface area contributed by atoms with Crippen LogP contribution in [-0.2, 0) is 66.4 Å². The van der Waals surface area contributed by atoms with Gasteiger partial charge in [0.1, 0.15) is 62.5 Å². The van der Waals surface area contributed by atoms with Crippen molar-refractivity contribution in [2.75, 3.05) is 39.6 Å². The molecule has 0 unspecified atom stereocenters. The normalized spacial score (nSPS) is 47.1. The van der Waals surface area contributed by atoms with Gasteiger partial charge in [0, 0.05) is 25.7 Å². The molecule has 0 bridgehead atoms. The lowest BCUT2D eigenvalue weighted by Gasteiger charge is -2.41. The van der Waals surface area contributed by atoms with Gasteiger partial charge >= 0.3 is 0 Å². The van der Waals surface area contributed by atoms with Crippen molar-refractivity contribution in [3.63, 3.8) is 0 Å². The van der Waals surface area contributed by atoms with E-state index in [2.05, 4.69) is 0 Å². The second-order valence-electron chi connectivity index (χ2n) is 18.4. The van der Waals surface area contributed by atoms with Crippen LogP contribution in [0, 0.1) is 0 Å². The molecule has 10 fully saturated rings. The SMILES string of the molecule is CC1(C)OC[C@]2(OC[C@@H](O)[C@@H](O)[C@@H]2O)O1.CC1(C)OC[C@]2(OC[C@H]3OC4(CCCCC4)O[C@H]3C2=O)O1.CC1(C)OC[C@]2(OC[C@H]3OC4(CCCCC4)O[C@H]3[C@@H]2O)O1. The van der Waals surface area contributed by atoms with Crippen molar-refractivity contribution in [1.82, 2.24) is 0 Å². The summed E-state index contributed by atoms with van der Waals surface area (Å²) in [6.07, 6.45) is 4.10. The fraction of sp³-hybridized carbons (Fsp3) is 0.974. The van der Waals surface area contributed by atoms with Crippen LogP contribution in [0.5, 0.6) is 0 Å². The van der Waals surface area contributed by atoms with E-state index in [0.29, 0.717) is 13.2 Å². The molecule has 0 radical (unpaired) electrons. The Bertz CT molecular complexity index is 1460. The van der Waals surface area contributed by atoms with Crippen LogP contribution in [0.3, 0.4) is 0 Å². The van der Waals surface area contributed by atoms with E-state index >= 15 is 0 Å². The topological polar surface area (TPSA) is 218 Å². The molecule has 0 aromatic rings. The van der Waals surface area contributed by atoms with E-state index in [1.165, 1.54) is 12.8 Å². The largest absolute Gasteiger partial charge is 0.388 e. The monoisotopic (exact) mass is 818 g/mol. The summed E-state index contributed by atoms with van der Waals surface area (Å²) in [7, 11) is 0. The molecule has 5 spiro atoms. The predicted molar refractivity (Wildman–Crippen MR) is 190 cm³/mol. The Hall–Kier alpha value is -1.01. The molecule has 57 heavy (non-hydrogen) atoms. The maximum Gasteiger partial charge on any atom is 0.258 e. The van der Waals surface area contributed by atoms with E-state index < -0.39 is 82.9 Å². The number of ether oxygens (including phenoxy) is 13. The summed E-state index contributed by atoms with van der Waals surface area (Å²) >= 11 is 0. The van der Waals surface area contributed by atoms with Gasteiger partial charge in [-0.15, -0.1) is 0 Å². The van der Waals surface area contributed by atoms with Crippen molar-refractivity contribution in [2.24, 2.45) is 0 Å². The molecule has 0 amide bonds. The van der Waals surface area contributed by atoms with Gasteiger partial charge in [0.05, 0.1) is 19.8 Å². The number of aliphatic hydroxyl groups is 4. The summed E-state index contributed by atoms with van der Waals surface area (Å²) in [5.74, 6) is -7.56. The van der Waals surface area contributed by atoms with E-state index in [4.69, 9.17) is 61.6 Å². The van der Waals surface area contributed by atoms with Gasteiger partial charge in [-0.2, -0.15) is 0 Å². The molecule has 2 aliphatic carbocycles. The van der Waals surface area contributed by atoms with Crippen molar-refractivity contribution in [3.05, 3.63) is 0 Å². The fourth-order valence-corrected chi connectivity index (χ4v) is 9.55. The van der Waals surface area contributed by atoms with Crippen LogP contribution in [-0.4, -0.2) is 161 Å². The molecule has 10 aliphatic rings. The molecule has 2 saturated carbocycles. The number of carbonyl (C=O) groups excluding carboxylic acids is 1. The highest BCUT2D eigenvalue weighted by molar-refractivity contribution is 5.92. The first-order valence-corrected chi connectivity index (χ1v) is 20.7. The number of ketones is 1. The maximum atomic E-state index is 12.8. The lowest BCUT2D eigenvalue weighted by atomic mass is 9.94. The highest BCUT2D eigenvalue weighted by Crippen LogP contribution is 2.49. The van der Waals surface area contributed by atoms with E-state index in [1.807, 2.05) is 13.8 Å². The van der Waals surface area contributed by atoms with Gasteiger partial charge in [-0.3, -0.25) is 4.79 Å². The van der Waals surface area contributed by atoms with Crippen LogP contribution in [0.2, 0.25) is 0 Å². The van der Waals surface area contributed by atoms with Crippen LogP contribution in [0.4, 0.5) is 0 Å². The lowest BCUT2D eigenvalue weighted by Crippen LogP contribution is -2.62. The molecule has 326 valence electrons. The minimum absolute atomic E-state index is 0.0327. The van der Waals surface area contributed by atoms with Crippen molar-refractivity contribution in [1.29, 1.82) is 0 Å². The maximum absolute atomic E-state index is 12.8. The van der Waals surface area contributed by atoms with Crippen LogP contribution < -0.4 is 0 Å². The predicted octanol–water partition coefficient (Wildman–Crippen LogP) is 1.39. The third-order valence-electron chi connectivity index (χ3n) is 12.5. The summed E-state index contributed by atoms with van der Waals surface area (Å²) in [4.78, 5) is 12.8. The molecule has 18 heteroatoms. The molecule has 8 saturated heterocycles. The van der Waals surface area contributed by atoms with Crippen molar-refractivity contribution in [2.45, 2.75) is 201 Å². The number of aliphatic hydroxyl groups excluding tert-OH is 4. The molecular weight excluding hydrogens is 756 g/mol. The number of hydrogen-bond donors (Lipinski definition) is 4. The second kappa shape index (κ2) is 15.1. The quantitative estimate of drug-likeness (QED) is 0.272. The summed E-state index contributed by atoms with van der Waals surface area (Å²) in [6.45, 7) is 11.5. The van der Waals surface area contributed by atoms with Crippen molar-refractivity contribution in [3.8, 4) is 0 Å². The smallest absolute Gasteiger partial charge is 0.258 e. The Labute approximate surface area is 332 Å². The van der Waals surface area contributed by atoms with Gasteiger partial charge in [0.15, 0.2) is 35.0 Å². The molecule has 8 heterocycles. The first-order valence-electron chi connectivity index (χ1n) is 20.7. The summed E-state index contributed by atoms with van der Waals surface area (Å²) in [5.41, 5.74) is 0. The molecule has 0 aromatic carbocycles. The van der Waals surface area contributed by atoms with Crippen LogP contribution >= 0.6 is 0 Å². The van der Waals surface area contributed by atoms with Gasteiger partial charge < -0.3 is 82.0 Å². The van der Waals surface area contributed by atoms with Crippen LogP contribution in [0.1, 0.15) is 106 Å². The standard InChI is InChI=1S/C15H24O6.C15H22O6.C9H16O6/c2*1-13(2)18-9-15(21-13)12(16)11-10(8-17-15)19-14(20-11)6-4-3-5-7-14;1-8(2)14-4-9(15-8)7(12)6(11)5(10)3-13-9/h10-12,16H,3-9H2,1-2H3;10-11H,3-9H2,1-2H3;5-7,10-12H,3-4H2,1-2H3/t10-,11-,12+,15+;10-,11-,15+;5-,6-,7+,9+/m111/s1. The third kappa shape index (κ3) is 8.11. The van der Waals surface area contributed by atoms with E-state index in [-0.39, 0.29) is 44.4 Å². The van der Waals surface area contributed by atoms with Crippen molar-refractivity contribution >= 4 is 5.78 Å². The summed E-state index contributed by atoms with van der Waals surface area (Å²) in [5, 5.41) is 39.3. The number of Topliss-reactive ketones (excluding diaryl/α,β-unsaturated/α-hetero) is 1. The minimum atomic E-state index is -1.36. The highest BCUT2D eigenvalue weighted by Gasteiger charge is 2.65. The van der Waals surface area contributed by atoms with Gasteiger partial charge in [-0.25, -0.2) is 0 Å². The molecule has 18 nitrogen and oxygen atoms in total. The Kier molecular flexibility index (Phi) is 11.3. The first kappa shape index (κ1) is 42.7. The molecule has 10 rings (SSSR count). The molecule has 11 atom stereocenters. The van der Waals surface area contributed by atoms with Crippen LogP contribution in [0.15, 0.2) is 0 Å². The number of rotatable bonds is 0. The highest BCUT2D eigenvalue weighted by atomic mass is 16.9. The zero-order valence-electron chi connectivity index (χ0n) is 33.9. The Balaban J connectivity index is 0.000000122. The van der Waals surface area contributed by atoms with Gasteiger partial charge in [0.2, 0.25) is 17.4 Å². The van der Waals surface area contributed by atoms with Gasteiger partial charge in [-0.05, 0) is 67.2 Å². The Morgan fingerprint density at radius 1 is 0.509 bits per heavy atom. The lowest BCUT2D eigenvalue weighted by molar-refractivity contribution is -0.337. The van der Waals surface area contributed by atoms with Crippen molar-refractivity contribution < 1.29 is 86.8 Å². The summed E-state index contributed by atoms with van der Waals surface area (Å²) < 4.78 is 74.6. The Morgan fingerprint density at radius 3 is 1.54 bits per heavy atom. The zero-order chi connectivity index (χ0) is 40.7. The third-order valence-corrected chi connectivity index (χ3v) is 12.5. The molecule has 0 aromatic heterocycles. The first-order chi connectivity index (χ1) is 26.7. The van der Waals surface area contributed by atoms with Gasteiger partial charge in [0.25, 0.3) is 5.79 Å². The second-order valence-corrected chi connectivity index (χ2v) is 18.4. The zero-order valence-corrected chi connectivity index (χ0v) is 33.9. The van der Waals surface area contributed by atoms with E-state index in [0.717, 1.165) is 51.4 Å². The molecule has 4 N–H and O–H groups in total. The van der Waals surface area contributed by atoms with E-state index in [9.17, 15) is 25.2 Å². The van der Waals surface area contributed by atoms with Crippen LogP contribution in [0.25, 0.3) is 0 Å². The average Bonchev–Trinajstić information content (AvgIpc) is 3.96. The molecule has 8 aliphatic heterocycles. The number of carbonyl (C=O) groups is 1. The minimum Gasteiger partial charge on any atom is -0.388 e. The average molecular weight is 819 g/mol. The van der Waals surface area contributed by atoms with E-state index in [1.54, 1.807) is 27.7 Å². The van der Waals surface area contributed by atoms with Gasteiger partial charge in [-0.1, -0.05) is 12.8 Å².